The van der Waals surface area contributed by atoms with Crippen LogP contribution in [0.1, 0.15) is 45.6 Å². The second-order valence-electron chi connectivity index (χ2n) is 8.25. The molecule has 4 unspecified atom stereocenters. The van der Waals surface area contributed by atoms with Crippen molar-refractivity contribution in [1.29, 1.82) is 0 Å². The number of piperidine rings is 1. The summed E-state index contributed by atoms with van der Waals surface area (Å²) in [6.07, 6.45) is 5.35. The minimum Gasteiger partial charge on any atom is -0.372 e. The first-order valence-electron chi connectivity index (χ1n) is 10.3. The molecule has 6 heteroatoms. The highest BCUT2D eigenvalue weighted by atomic mass is 16.5. The van der Waals surface area contributed by atoms with E-state index in [-0.39, 0.29) is 18.1 Å². The number of pyridine rings is 1. The van der Waals surface area contributed by atoms with Crippen LogP contribution in [-0.4, -0.2) is 49.3 Å². The predicted molar refractivity (Wildman–Crippen MR) is 108 cm³/mol. The topological polar surface area (TPSA) is 66.5 Å². The molecular weight excluding hydrogens is 340 g/mol. The second-order valence-corrected chi connectivity index (χ2v) is 8.25. The molecule has 3 heterocycles. The Bertz CT molecular complexity index is 591. The molecule has 0 saturated carbocycles. The van der Waals surface area contributed by atoms with Crippen LogP contribution in [0.5, 0.6) is 0 Å². The fourth-order valence-corrected chi connectivity index (χ4v) is 4.17. The Morgan fingerprint density at radius 3 is 2.78 bits per heavy atom. The van der Waals surface area contributed by atoms with Crippen LogP contribution in [0, 0.1) is 11.8 Å². The lowest BCUT2D eigenvalue weighted by Crippen LogP contribution is -2.45. The Morgan fingerprint density at radius 2 is 2.15 bits per heavy atom. The molecule has 1 amide bonds. The predicted octanol–water partition coefficient (Wildman–Crippen LogP) is 2.34. The third-order valence-corrected chi connectivity index (χ3v) is 5.69. The van der Waals surface area contributed by atoms with Crippen molar-refractivity contribution < 1.29 is 9.53 Å². The van der Waals surface area contributed by atoms with Gasteiger partial charge in [0, 0.05) is 32.3 Å². The zero-order valence-corrected chi connectivity index (χ0v) is 16.9. The van der Waals surface area contributed by atoms with Crippen molar-refractivity contribution in [3.8, 4) is 0 Å². The number of amides is 1. The maximum atomic E-state index is 12.3. The molecule has 2 aliphatic rings. The van der Waals surface area contributed by atoms with E-state index < -0.39 is 0 Å². The minimum absolute atomic E-state index is 0.132. The fourth-order valence-electron chi connectivity index (χ4n) is 4.17. The molecule has 0 spiro atoms. The molecule has 2 fully saturated rings. The molecule has 1 aromatic rings. The van der Waals surface area contributed by atoms with E-state index in [2.05, 4.69) is 47.4 Å². The zero-order chi connectivity index (χ0) is 19.2. The quantitative estimate of drug-likeness (QED) is 0.800. The summed E-state index contributed by atoms with van der Waals surface area (Å²) in [5.74, 6) is 2.14. The van der Waals surface area contributed by atoms with Crippen LogP contribution in [0.3, 0.4) is 0 Å². The summed E-state index contributed by atoms with van der Waals surface area (Å²) >= 11 is 0. The van der Waals surface area contributed by atoms with Gasteiger partial charge >= 0.3 is 0 Å². The van der Waals surface area contributed by atoms with E-state index in [1.807, 2.05) is 12.3 Å². The van der Waals surface area contributed by atoms with Crippen LogP contribution in [0.25, 0.3) is 0 Å². The number of morpholine rings is 1. The first kappa shape index (κ1) is 20.1. The number of ether oxygens (including phenoxy) is 1. The summed E-state index contributed by atoms with van der Waals surface area (Å²) in [6, 6.07) is 4.10. The average Bonchev–Trinajstić information content (AvgIpc) is 2.66. The van der Waals surface area contributed by atoms with Crippen molar-refractivity contribution in [2.24, 2.45) is 11.8 Å². The van der Waals surface area contributed by atoms with E-state index in [0.29, 0.717) is 24.8 Å². The van der Waals surface area contributed by atoms with Gasteiger partial charge in [0.2, 0.25) is 5.91 Å². The van der Waals surface area contributed by atoms with Crippen molar-refractivity contribution in [1.82, 2.24) is 15.6 Å². The highest BCUT2D eigenvalue weighted by Crippen LogP contribution is 2.22. The second kappa shape index (κ2) is 9.51. The molecular formula is C21H34N4O2. The molecule has 0 bridgehead atoms. The molecule has 2 saturated heterocycles. The van der Waals surface area contributed by atoms with Crippen molar-refractivity contribution in [2.45, 2.75) is 58.8 Å². The molecule has 2 aliphatic heterocycles. The van der Waals surface area contributed by atoms with E-state index in [0.717, 1.165) is 37.6 Å². The smallest absolute Gasteiger partial charge is 0.220 e. The van der Waals surface area contributed by atoms with Crippen LogP contribution in [0.2, 0.25) is 0 Å². The van der Waals surface area contributed by atoms with Crippen molar-refractivity contribution in [2.75, 3.05) is 31.1 Å². The first-order chi connectivity index (χ1) is 13.0. The Balaban J connectivity index is 1.44. The number of hydrogen-bond donors (Lipinski definition) is 2. The van der Waals surface area contributed by atoms with Crippen LogP contribution in [-0.2, 0) is 16.1 Å². The molecule has 2 N–H and O–H groups in total. The van der Waals surface area contributed by atoms with Gasteiger partial charge in [-0.2, -0.15) is 0 Å². The Kier molecular flexibility index (Phi) is 7.07. The van der Waals surface area contributed by atoms with Gasteiger partial charge in [0.25, 0.3) is 0 Å². The molecule has 150 valence electrons. The lowest BCUT2D eigenvalue weighted by atomic mass is 9.85. The third-order valence-electron chi connectivity index (χ3n) is 5.69. The monoisotopic (exact) mass is 374 g/mol. The van der Waals surface area contributed by atoms with Crippen LogP contribution in [0.15, 0.2) is 18.3 Å². The number of rotatable bonds is 6. The van der Waals surface area contributed by atoms with E-state index in [1.165, 1.54) is 12.8 Å². The lowest BCUT2D eigenvalue weighted by Gasteiger charge is -2.36. The van der Waals surface area contributed by atoms with Crippen molar-refractivity contribution >= 4 is 11.7 Å². The summed E-state index contributed by atoms with van der Waals surface area (Å²) < 4.78 is 5.78. The number of anilines is 1. The standard InChI is InChI=1S/C21H34N4O2/c1-15(19-5-4-8-22-12-19)9-21(26)24-11-18-6-7-20(23-10-18)25-13-16(2)27-17(3)14-25/h6-7,10,15-17,19,22H,4-5,8-9,11-14H2,1-3H3,(H,24,26). The van der Waals surface area contributed by atoms with Gasteiger partial charge in [-0.25, -0.2) is 4.98 Å². The SMILES string of the molecule is CC1CN(c2ccc(CNC(=O)CC(C)C3CCCNC3)cn2)CC(C)O1. The maximum absolute atomic E-state index is 12.3. The normalized spacial score (nSPS) is 27.2. The van der Waals surface area contributed by atoms with E-state index >= 15 is 0 Å². The minimum atomic E-state index is 0.132. The maximum Gasteiger partial charge on any atom is 0.220 e. The Labute approximate surface area is 163 Å². The zero-order valence-electron chi connectivity index (χ0n) is 16.9. The molecule has 1 aromatic heterocycles. The van der Waals surface area contributed by atoms with Gasteiger partial charge in [0.15, 0.2) is 0 Å². The molecule has 3 rings (SSSR count). The third kappa shape index (κ3) is 5.91. The molecule has 0 radical (unpaired) electrons. The number of aromatic nitrogens is 1. The first-order valence-corrected chi connectivity index (χ1v) is 10.3. The van der Waals surface area contributed by atoms with Gasteiger partial charge in [-0.3, -0.25) is 4.79 Å². The molecule has 4 atom stereocenters. The van der Waals surface area contributed by atoms with Gasteiger partial charge in [-0.1, -0.05) is 13.0 Å². The fraction of sp³-hybridized carbons (Fsp3) is 0.714. The molecule has 0 aliphatic carbocycles. The highest BCUT2D eigenvalue weighted by molar-refractivity contribution is 5.76. The molecule has 0 aromatic carbocycles. The summed E-state index contributed by atoms with van der Waals surface area (Å²) in [5, 5.41) is 6.48. The van der Waals surface area contributed by atoms with Crippen LogP contribution in [0.4, 0.5) is 5.82 Å². The van der Waals surface area contributed by atoms with Gasteiger partial charge in [-0.05, 0) is 63.2 Å². The van der Waals surface area contributed by atoms with E-state index in [1.54, 1.807) is 0 Å². The average molecular weight is 375 g/mol. The van der Waals surface area contributed by atoms with Gasteiger partial charge in [0.05, 0.1) is 12.2 Å². The molecule has 6 nitrogen and oxygen atoms in total. The number of carbonyl (C=O) groups is 1. The summed E-state index contributed by atoms with van der Waals surface area (Å²) in [6.45, 7) is 10.8. The van der Waals surface area contributed by atoms with Crippen molar-refractivity contribution in [3.05, 3.63) is 23.9 Å². The number of nitrogens with one attached hydrogen (secondary N) is 2. The van der Waals surface area contributed by atoms with E-state index in [9.17, 15) is 4.79 Å². The number of carbonyl (C=O) groups excluding carboxylic acids is 1. The lowest BCUT2D eigenvalue weighted by molar-refractivity contribution is -0.122. The number of nitrogens with zero attached hydrogens (tertiary/aromatic N) is 2. The summed E-state index contributed by atoms with van der Waals surface area (Å²) in [7, 11) is 0. The molecule has 27 heavy (non-hydrogen) atoms. The van der Waals surface area contributed by atoms with Gasteiger partial charge < -0.3 is 20.3 Å². The largest absolute Gasteiger partial charge is 0.372 e. The summed E-state index contributed by atoms with van der Waals surface area (Å²) in [5.41, 5.74) is 1.04. The van der Waals surface area contributed by atoms with Crippen LogP contribution < -0.4 is 15.5 Å². The van der Waals surface area contributed by atoms with Crippen LogP contribution >= 0.6 is 0 Å². The van der Waals surface area contributed by atoms with Gasteiger partial charge in [-0.15, -0.1) is 0 Å². The van der Waals surface area contributed by atoms with E-state index in [4.69, 9.17) is 4.74 Å². The highest BCUT2D eigenvalue weighted by Gasteiger charge is 2.23. The van der Waals surface area contributed by atoms with Crippen molar-refractivity contribution in [3.63, 3.8) is 0 Å². The van der Waals surface area contributed by atoms with Gasteiger partial charge in [0.1, 0.15) is 5.82 Å². The summed E-state index contributed by atoms with van der Waals surface area (Å²) in [4.78, 5) is 19.1. The Hall–Kier alpha value is -1.66. The number of hydrogen-bond acceptors (Lipinski definition) is 5. The Morgan fingerprint density at radius 1 is 1.37 bits per heavy atom.